The zero-order valence-corrected chi connectivity index (χ0v) is 17.8. The molecule has 5 nitrogen and oxygen atoms in total. The maximum absolute atomic E-state index is 11.8. The molecule has 4 aromatic rings. The minimum atomic E-state index is -0.976. The zero-order chi connectivity index (χ0) is 22.2. The summed E-state index contributed by atoms with van der Waals surface area (Å²) in [7, 11) is 0. The number of aryl methyl sites for hydroxylation is 2. The Morgan fingerprint density at radius 1 is 0.938 bits per heavy atom. The van der Waals surface area contributed by atoms with Crippen molar-refractivity contribution < 1.29 is 24.1 Å². The second-order valence-electron chi connectivity index (χ2n) is 7.94. The Bertz CT molecular complexity index is 1340. The molecule has 0 radical (unpaired) electrons. The summed E-state index contributed by atoms with van der Waals surface area (Å²) in [5.74, 6) is 1.06. The van der Waals surface area contributed by atoms with Crippen molar-refractivity contribution in [1.82, 2.24) is 0 Å². The average Bonchev–Trinajstić information content (AvgIpc) is 3.25. The lowest BCUT2D eigenvalue weighted by Crippen LogP contribution is -2.01. The number of rotatable bonds is 5. The van der Waals surface area contributed by atoms with Crippen LogP contribution in [-0.4, -0.2) is 17.9 Å². The minimum absolute atomic E-state index is 0.190. The van der Waals surface area contributed by atoms with Crippen LogP contribution in [0.15, 0.2) is 66.7 Å². The van der Waals surface area contributed by atoms with Crippen LogP contribution in [-0.2, 0) is 6.61 Å². The van der Waals surface area contributed by atoms with E-state index in [0.29, 0.717) is 23.9 Å². The van der Waals surface area contributed by atoms with Crippen molar-refractivity contribution in [3.8, 4) is 28.4 Å². The summed E-state index contributed by atoms with van der Waals surface area (Å²) in [5.41, 5.74) is 5.43. The van der Waals surface area contributed by atoms with Crippen LogP contribution in [0.5, 0.6) is 17.2 Å². The maximum Gasteiger partial charge on any atom is 0.335 e. The Morgan fingerprint density at radius 2 is 1.72 bits per heavy atom. The van der Waals surface area contributed by atoms with Gasteiger partial charge in [-0.1, -0.05) is 30.3 Å². The van der Waals surface area contributed by atoms with Gasteiger partial charge in [-0.15, -0.1) is 0 Å². The van der Waals surface area contributed by atoms with Gasteiger partial charge >= 0.3 is 5.97 Å². The summed E-state index contributed by atoms with van der Waals surface area (Å²) in [5, 5.41) is 11.4. The van der Waals surface area contributed by atoms with E-state index in [9.17, 15) is 9.90 Å². The van der Waals surface area contributed by atoms with Crippen LogP contribution in [0.2, 0.25) is 0 Å². The molecule has 0 bridgehead atoms. The summed E-state index contributed by atoms with van der Waals surface area (Å²) in [6.07, 6.45) is 0. The maximum atomic E-state index is 11.8. The van der Waals surface area contributed by atoms with E-state index in [-0.39, 0.29) is 12.4 Å². The number of carboxylic acids is 1. The lowest BCUT2D eigenvalue weighted by molar-refractivity contribution is 0.0697. The van der Waals surface area contributed by atoms with Crippen molar-refractivity contribution in [2.24, 2.45) is 0 Å². The largest absolute Gasteiger partial charge is 0.489 e. The van der Waals surface area contributed by atoms with Crippen LogP contribution in [0.4, 0.5) is 0 Å². The summed E-state index contributed by atoms with van der Waals surface area (Å²) in [4.78, 5) is 11.8. The first-order valence-corrected chi connectivity index (χ1v) is 10.4. The molecular formula is C27H22O5. The molecule has 0 aromatic heterocycles. The fraction of sp³-hybridized carbons (Fsp3) is 0.148. The van der Waals surface area contributed by atoms with E-state index in [4.69, 9.17) is 14.2 Å². The van der Waals surface area contributed by atoms with Crippen molar-refractivity contribution in [1.29, 1.82) is 0 Å². The van der Waals surface area contributed by atoms with Crippen molar-refractivity contribution in [3.05, 3.63) is 89.0 Å². The monoisotopic (exact) mass is 426 g/mol. The minimum Gasteiger partial charge on any atom is -0.489 e. The van der Waals surface area contributed by atoms with Gasteiger partial charge in [0.15, 0.2) is 11.5 Å². The third-order valence-electron chi connectivity index (χ3n) is 5.88. The van der Waals surface area contributed by atoms with E-state index in [2.05, 4.69) is 26.0 Å². The van der Waals surface area contributed by atoms with E-state index in [1.165, 1.54) is 11.1 Å². The molecule has 0 atom stereocenters. The molecule has 32 heavy (non-hydrogen) atoms. The van der Waals surface area contributed by atoms with Gasteiger partial charge < -0.3 is 19.3 Å². The molecule has 1 N–H and O–H groups in total. The number of hydrogen-bond donors (Lipinski definition) is 1. The molecule has 5 heteroatoms. The number of fused-ring (bicyclic) bond motifs is 2. The van der Waals surface area contributed by atoms with Crippen LogP contribution < -0.4 is 14.2 Å². The Morgan fingerprint density at radius 3 is 2.50 bits per heavy atom. The third kappa shape index (κ3) is 3.62. The van der Waals surface area contributed by atoms with E-state index in [1.807, 2.05) is 42.5 Å². The molecule has 1 heterocycles. The van der Waals surface area contributed by atoms with Crippen molar-refractivity contribution >= 4 is 16.7 Å². The van der Waals surface area contributed by atoms with E-state index < -0.39 is 5.97 Å². The molecule has 0 saturated heterocycles. The predicted octanol–water partition coefficient (Wildman–Crippen LogP) is 6.13. The highest BCUT2D eigenvalue weighted by atomic mass is 16.7. The molecule has 1 aliphatic heterocycles. The standard InChI is InChI=1S/C27H22O5/c1-16-4-3-5-17(2)24(16)14-30-21-7-8-22-19(11-21)10-20(27(28)29)12-23(22)18-6-9-25-26(13-18)32-15-31-25/h3-13H,14-15H2,1-2H3,(H,28,29). The van der Waals surface area contributed by atoms with Gasteiger partial charge in [-0.25, -0.2) is 4.79 Å². The lowest BCUT2D eigenvalue weighted by Gasteiger charge is -2.14. The number of benzene rings is 4. The highest BCUT2D eigenvalue weighted by Gasteiger charge is 2.17. The number of carboxylic acid groups (broad SMARTS) is 1. The molecule has 0 saturated carbocycles. The molecule has 5 rings (SSSR count). The van der Waals surface area contributed by atoms with Crippen molar-refractivity contribution in [2.75, 3.05) is 6.79 Å². The fourth-order valence-electron chi connectivity index (χ4n) is 4.10. The molecular weight excluding hydrogens is 404 g/mol. The number of hydrogen-bond acceptors (Lipinski definition) is 4. The fourth-order valence-corrected chi connectivity index (χ4v) is 4.10. The van der Waals surface area contributed by atoms with Crippen molar-refractivity contribution in [3.63, 3.8) is 0 Å². The van der Waals surface area contributed by atoms with E-state index >= 15 is 0 Å². The molecule has 0 amide bonds. The van der Waals surface area contributed by atoms with Gasteiger partial charge in [-0.2, -0.15) is 0 Å². The first kappa shape index (κ1) is 19.9. The van der Waals surface area contributed by atoms with Crippen molar-refractivity contribution in [2.45, 2.75) is 20.5 Å². The summed E-state index contributed by atoms with van der Waals surface area (Å²) >= 11 is 0. The molecule has 0 aliphatic carbocycles. The number of aromatic carboxylic acids is 1. The normalized spacial score (nSPS) is 12.2. The second-order valence-corrected chi connectivity index (χ2v) is 7.94. The van der Waals surface area contributed by atoms with Crippen LogP contribution in [0.25, 0.3) is 21.9 Å². The first-order chi connectivity index (χ1) is 15.5. The van der Waals surface area contributed by atoms with Gasteiger partial charge in [-0.3, -0.25) is 0 Å². The number of carbonyl (C=O) groups is 1. The van der Waals surface area contributed by atoms with Gasteiger partial charge in [0.2, 0.25) is 6.79 Å². The van der Waals surface area contributed by atoms with Gasteiger partial charge in [-0.05, 0) is 88.8 Å². The summed E-state index contributed by atoms with van der Waals surface area (Å²) in [6.45, 7) is 4.79. The zero-order valence-electron chi connectivity index (χ0n) is 17.8. The van der Waals surface area contributed by atoms with E-state index in [0.717, 1.165) is 27.5 Å². The van der Waals surface area contributed by atoms with Crippen LogP contribution in [0.3, 0.4) is 0 Å². The summed E-state index contributed by atoms with van der Waals surface area (Å²) in [6, 6.07) is 21.0. The molecule has 1 aliphatic rings. The number of ether oxygens (including phenoxy) is 3. The summed E-state index contributed by atoms with van der Waals surface area (Å²) < 4.78 is 17.0. The van der Waals surface area contributed by atoms with Gasteiger partial charge in [0.05, 0.1) is 5.56 Å². The SMILES string of the molecule is Cc1cccc(C)c1COc1ccc2c(-c3ccc4c(c3)OCO4)cc(C(=O)O)cc2c1. The van der Waals surface area contributed by atoms with Crippen LogP contribution >= 0.6 is 0 Å². The Labute approximate surface area is 185 Å². The first-order valence-electron chi connectivity index (χ1n) is 10.4. The van der Waals surface area contributed by atoms with Gasteiger partial charge in [0.25, 0.3) is 0 Å². The Hall–Kier alpha value is -3.99. The predicted molar refractivity (Wildman–Crippen MR) is 123 cm³/mol. The van der Waals surface area contributed by atoms with Crippen LogP contribution in [0, 0.1) is 13.8 Å². The average molecular weight is 426 g/mol. The molecule has 0 fully saturated rings. The van der Waals surface area contributed by atoms with Crippen LogP contribution in [0.1, 0.15) is 27.0 Å². The second kappa shape index (κ2) is 7.93. The smallest absolute Gasteiger partial charge is 0.335 e. The van der Waals surface area contributed by atoms with Gasteiger partial charge in [0.1, 0.15) is 12.4 Å². The highest BCUT2D eigenvalue weighted by molar-refractivity contribution is 6.03. The van der Waals surface area contributed by atoms with E-state index in [1.54, 1.807) is 12.1 Å². The molecule has 0 spiro atoms. The Balaban J connectivity index is 1.55. The van der Waals surface area contributed by atoms with Gasteiger partial charge in [0, 0.05) is 0 Å². The Kier molecular flexibility index (Phi) is 4.94. The third-order valence-corrected chi connectivity index (χ3v) is 5.88. The molecule has 0 unspecified atom stereocenters. The molecule has 4 aromatic carbocycles. The topological polar surface area (TPSA) is 65.0 Å². The quantitative estimate of drug-likeness (QED) is 0.416. The lowest BCUT2D eigenvalue weighted by atomic mass is 9.95. The highest BCUT2D eigenvalue weighted by Crippen LogP contribution is 2.39. The molecule has 160 valence electrons.